The second-order valence-electron chi connectivity index (χ2n) is 8.57. The molecule has 27 heavy (non-hydrogen) atoms. The number of amides is 2. The van der Waals surface area contributed by atoms with Gasteiger partial charge in [-0.25, -0.2) is 0 Å². The number of carbonyl (C=O) groups is 2. The average Bonchev–Trinajstić information content (AvgIpc) is 3.24. The number of benzene rings is 1. The van der Waals surface area contributed by atoms with Crippen molar-refractivity contribution < 1.29 is 9.59 Å². The molecule has 0 aromatic heterocycles. The van der Waals surface area contributed by atoms with Crippen LogP contribution in [0.25, 0.3) is 0 Å². The average molecular weight is 363 g/mol. The Bertz CT molecular complexity index is 855. The summed E-state index contributed by atoms with van der Waals surface area (Å²) in [6, 6.07) is 9.34. The lowest BCUT2D eigenvalue weighted by molar-refractivity contribution is -0.141. The van der Waals surface area contributed by atoms with Gasteiger partial charge in [-0.05, 0) is 43.9 Å². The number of anilines is 1. The molecule has 2 heterocycles. The first-order chi connectivity index (χ1) is 12.9. The van der Waals surface area contributed by atoms with E-state index in [-0.39, 0.29) is 22.6 Å². The number of allylic oxidation sites excluding steroid dienone is 2. The first-order valence-corrected chi connectivity index (χ1v) is 9.70. The largest absolute Gasteiger partial charge is 0.342 e. The van der Waals surface area contributed by atoms with Crippen molar-refractivity contribution in [3.63, 3.8) is 0 Å². The normalized spacial score (nSPS) is 30.1. The van der Waals surface area contributed by atoms with Gasteiger partial charge in [-0.15, -0.1) is 0 Å². The fraction of sp³-hybridized carbons (Fsp3) is 0.500. The molecule has 4 rings (SSSR count). The van der Waals surface area contributed by atoms with E-state index in [1.54, 1.807) is 17.0 Å². The van der Waals surface area contributed by atoms with Gasteiger partial charge in [0.05, 0.1) is 17.0 Å². The molecule has 5 heteroatoms. The van der Waals surface area contributed by atoms with Crippen LogP contribution in [0.5, 0.6) is 0 Å². The van der Waals surface area contributed by atoms with Crippen molar-refractivity contribution in [3.8, 4) is 6.07 Å². The van der Waals surface area contributed by atoms with E-state index in [1.165, 1.54) is 0 Å². The lowest BCUT2D eigenvalue weighted by Crippen LogP contribution is -2.43. The summed E-state index contributed by atoms with van der Waals surface area (Å²) in [6.45, 7) is 4.09. The molecule has 0 bridgehead atoms. The lowest BCUT2D eigenvalue weighted by atomic mass is 9.77. The molecule has 1 aliphatic carbocycles. The first kappa shape index (κ1) is 17.8. The van der Waals surface area contributed by atoms with Gasteiger partial charge in [0.1, 0.15) is 0 Å². The van der Waals surface area contributed by atoms with E-state index in [0.29, 0.717) is 25.1 Å². The van der Waals surface area contributed by atoms with Crippen molar-refractivity contribution in [3.05, 3.63) is 42.0 Å². The quantitative estimate of drug-likeness (QED) is 0.758. The highest BCUT2D eigenvalue weighted by Gasteiger charge is 2.50. The second kappa shape index (κ2) is 6.53. The van der Waals surface area contributed by atoms with Gasteiger partial charge in [0.2, 0.25) is 11.8 Å². The van der Waals surface area contributed by atoms with Crippen LogP contribution in [0.4, 0.5) is 5.69 Å². The molecule has 0 N–H and O–H groups in total. The summed E-state index contributed by atoms with van der Waals surface area (Å²) in [6.07, 6.45) is 8.29. The first-order valence-electron chi connectivity index (χ1n) is 9.70. The minimum Gasteiger partial charge on any atom is -0.342 e. The van der Waals surface area contributed by atoms with E-state index in [0.717, 1.165) is 37.9 Å². The molecular weight excluding hydrogens is 338 g/mol. The number of rotatable bonds is 2. The Hall–Kier alpha value is -2.61. The van der Waals surface area contributed by atoms with Crippen LogP contribution >= 0.6 is 0 Å². The molecule has 2 atom stereocenters. The molecule has 2 fully saturated rings. The van der Waals surface area contributed by atoms with Crippen LogP contribution in [-0.2, 0) is 9.59 Å². The van der Waals surface area contributed by atoms with E-state index in [4.69, 9.17) is 5.26 Å². The van der Waals surface area contributed by atoms with Crippen LogP contribution < -0.4 is 4.90 Å². The third kappa shape index (κ3) is 3.14. The van der Waals surface area contributed by atoms with Gasteiger partial charge in [-0.2, -0.15) is 5.26 Å². The maximum atomic E-state index is 13.1. The molecule has 1 aromatic rings. The zero-order valence-electron chi connectivity index (χ0n) is 15.8. The Morgan fingerprint density at radius 3 is 2.81 bits per heavy atom. The van der Waals surface area contributed by atoms with Gasteiger partial charge in [0.25, 0.3) is 0 Å². The molecule has 0 radical (unpaired) electrons. The summed E-state index contributed by atoms with van der Waals surface area (Å²) < 4.78 is 0. The number of likely N-dealkylation sites (tertiary alicyclic amines) is 1. The van der Waals surface area contributed by atoms with Gasteiger partial charge in [-0.1, -0.05) is 25.1 Å². The third-order valence-electron chi connectivity index (χ3n) is 6.45. The van der Waals surface area contributed by atoms with Crippen molar-refractivity contribution in [1.29, 1.82) is 5.26 Å². The van der Waals surface area contributed by atoms with Crippen LogP contribution in [0, 0.1) is 22.2 Å². The summed E-state index contributed by atoms with van der Waals surface area (Å²) in [5.41, 5.74) is 0.882. The second-order valence-corrected chi connectivity index (χ2v) is 8.57. The monoisotopic (exact) mass is 363 g/mol. The van der Waals surface area contributed by atoms with Crippen LogP contribution in [0.15, 0.2) is 36.4 Å². The highest BCUT2D eigenvalue weighted by Crippen LogP contribution is 2.44. The van der Waals surface area contributed by atoms with E-state index in [9.17, 15) is 9.59 Å². The van der Waals surface area contributed by atoms with E-state index in [2.05, 4.69) is 25.1 Å². The van der Waals surface area contributed by atoms with Gasteiger partial charge in [0.15, 0.2) is 0 Å². The van der Waals surface area contributed by atoms with Crippen molar-refractivity contribution >= 4 is 17.5 Å². The van der Waals surface area contributed by atoms with Crippen LogP contribution in [-0.4, -0.2) is 36.3 Å². The van der Waals surface area contributed by atoms with Crippen molar-refractivity contribution in [2.24, 2.45) is 10.8 Å². The predicted molar refractivity (Wildman–Crippen MR) is 103 cm³/mol. The van der Waals surface area contributed by atoms with Gasteiger partial charge < -0.3 is 9.80 Å². The number of carbonyl (C=O) groups excluding carboxylic acids is 2. The number of nitrogens with zero attached hydrogens (tertiary/aromatic N) is 3. The molecule has 2 saturated heterocycles. The third-order valence-corrected chi connectivity index (χ3v) is 6.45. The zero-order chi connectivity index (χ0) is 19.1. The minimum atomic E-state index is -0.302. The molecule has 0 saturated carbocycles. The standard InChI is InChI=1S/C22H25N3O2/c1-21(8-3-2-4-9-21)20(27)24-11-10-22(15-24)13-19(26)25(16-22)18-7-5-6-17(12-18)14-23/h2-3,5-7,12H,4,8-11,13,15-16H2,1H3. The number of hydrogen-bond acceptors (Lipinski definition) is 3. The molecular formula is C22H25N3O2. The Morgan fingerprint density at radius 1 is 1.22 bits per heavy atom. The molecule has 1 aromatic carbocycles. The smallest absolute Gasteiger partial charge is 0.228 e. The Morgan fingerprint density at radius 2 is 2.07 bits per heavy atom. The Kier molecular flexibility index (Phi) is 4.30. The van der Waals surface area contributed by atoms with Crippen molar-refractivity contribution in [1.82, 2.24) is 4.90 Å². The van der Waals surface area contributed by atoms with Gasteiger partial charge in [0, 0.05) is 37.2 Å². The molecule has 2 amide bonds. The number of nitriles is 1. The molecule has 140 valence electrons. The maximum absolute atomic E-state index is 13.1. The van der Waals surface area contributed by atoms with Crippen LogP contribution in [0.1, 0.15) is 44.6 Å². The fourth-order valence-corrected chi connectivity index (χ4v) is 4.80. The van der Waals surface area contributed by atoms with E-state index < -0.39 is 0 Å². The Labute approximate surface area is 160 Å². The van der Waals surface area contributed by atoms with Crippen molar-refractivity contribution in [2.75, 3.05) is 24.5 Å². The topological polar surface area (TPSA) is 64.4 Å². The van der Waals surface area contributed by atoms with E-state index >= 15 is 0 Å². The van der Waals surface area contributed by atoms with Gasteiger partial charge >= 0.3 is 0 Å². The fourth-order valence-electron chi connectivity index (χ4n) is 4.80. The molecule has 5 nitrogen and oxygen atoms in total. The van der Waals surface area contributed by atoms with Crippen LogP contribution in [0.2, 0.25) is 0 Å². The molecule has 1 spiro atoms. The summed E-state index contributed by atoms with van der Waals surface area (Å²) in [7, 11) is 0. The summed E-state index contributed by atoms with van der Waals surface area (Å²) in [4.78, 5) is 29.6. The SMILES string of the molecule is CC1(C(=O)N2CCC3(CC(=O)N(c4cccc(C#N)c4)C3)C2)CC=CCC1. The van der Waals surface area contributed by atoms with Crippen LogP contribution in [0.3, 0.4) is 0 Å². The summed E-state index contributed by atoms with van der Waals surface area (Å²) in [5, 5.41) is 9.12. The van der Waals surface area contributed by atoms with E-state index in [1.807, 2.05) is 17.0 Å². The molecule has 2 aliphatic heterocycles. The minimum absolute atomic E-state index is 0.0891. The molecule has 3 aliphatic rings. The predicted octanol–water partition coefficient (Wildman–Crippen LogP) is 3.26. The highest BCUT2D eigenvalue weighted by atomic mass is 16.2. The molecule has 2 unspecified atom stereocenters. The lowest BCUT2D eigenvalue weighted by Gasteiger charge is -2.34. The van der Waals surface area contributed by atoms with Crippen molar-refractivity contribution in [2.45, 2.75) is 39.0 Å². The zero-order valence-corrected chi connectivity index (χ0v) is 15.8. The summed E-state index contributed by atoms with van der Waals surface area (Å²) in [5.74, 6) is 0.326. The Balaban J connectivity index is 1.49. The number of hydrogen-bond donors (Lipinski definition) is 0. The maximum Gasteiger partial charge on any atom is 0.228 e. The summed E-state index contributed by atoms with van der Waals surface area (Å²) >= 11 is 0. The highest BCUT2D eigenvalue weighted by molar-refractivity contribution is 5.96. The van der Waals surface area contributed by atoms with Gasteiger partial charge in [-0.3, -0.25) is 9.59 Å².